The van der Waals surface area contributed by atoms with Gasteiger partial charge in [0.1, 0.15) is 0 Å². The fourth-order valence-corrected chi connectivity index (χ4v) is 1.65. The van der Waals surface area contributed by atoms with E-state index >= 15 is 0 Å². The van der Waals surface area contributed by atoms with Gasteiger partial charge in [0.2, 0.25) is 0 Å². The Hall–Kier alpha value is -0.290. The summed E-state index contributed by atoms with van der Waals surface area (Å²) in [5, 5.41) is 0. The Morgan fingerprint density at radius 1 is 1.50 bits per heavy atom. The van der Waals surface area contributed by atoms with Crippen molar-refractivity contribution in [2.24, 2.45) is 0 Å². The topological polar surface area (TPSA) is 21.3 Å². The van der Waals surface area contributed by atoms with Crippen LogP contribution >= 0.6 is 22.6 Å². The summed E-state index contributed by atoms with van der Waals surface area (Å²) in [5.74, 6) is 0. The van der Waals surface area contributed by atoms with E-state index in [1.54, 1.807) is 0 Å². The van der Waals surface area contributed by atoms with E-state index in [-0.39, 0.29) is 6.04 Å². The molecule has 0 fully saturated rings. The minimum absolute atomic E-state index is 0.275. The van der Waals surface area contributed by atoms with Crippen LogP contribution in [0.4, 0.5) is 0 Å². The summed E-state index contributed by atoms with van der Waals surface area (Å²) >= 11 is 2.18. The van der Waals surface area contributed by atoms with Crippen LogP contribution < -0.4 is 5.48 Å². The number of nitrogens with one attached hydrogen (secondary N) is 1. The lowest BCUT2D eigenvalue weighted by Gasteiger charge is -2.05. The summed E-state index contributed by atoms with van der Waals surface area (Å²) in [4.78, 5) is 5.11. The van der Waals surface area contributed by atoms with Crippen molar-refractivity contribution < 1.29 is 4.84 Å². The highest BCUT2D eigenvalue weighted by atomic mass is 127. The summed E-state index contributed by atoms with van der Waals surface area (Å²) < 4.78 is 0.947. The number of hydroxylamine groups is 1. The molecule has 1 aliphatic carbocycles. The summed E-state index contributed by atoms with van der Waals surface area (Å²) in [6, 6.07) is 0.275. The molecular formula is C7H6INO. The van der Waals surface area contributed by atoms with Crippen LogP contribution in [0.3, 0.4) is 0 Å². The zero-order chi connectivity index (χ0) is 6.97. The summed E-state index contributed by atoms with van der Waals surface area (Å²) in [5.41, 5.74) is 4.11. The first-order valence-corrected chi connectivity index (χ1v) is 4.13. The number of halogens is 1. The van der Waals surface area contributed by atoms with E-state index in [1.807, 2.05) is 12.2 Å². The molecule has 10 heavy (non-hydrogen) atoms. The van der Waals surface area contributed by atoms with Crippen LogP contribution in [0.15, 0.2) is 33.6 Å². The van der Waals surface area contributed by atoms with E-state index in [2.05, 4.69) is 40.2 Å². The second-order valence-corrected chi connectivity index (χ2v) is 3.15. The Kier molecular flexibility index (Phi) is 1.54. The van der Waals surface area contributed by atoms with Gasteiger partial charge in [-0.25, -0.2) is 0 Å². The predicted octanol–water partition coefficient (Wildman–Crippen LogP) is 1.66. The van der Waals surface area contributed by atoms with E-state index in [0.717, 1.165) is 3.77 Å². The van der Waals surface area contributed by atoms with Gasteiger partial charge in [0.25, 0.3) is 0 Å². The van der Waals surface area contributed by atoms with Crippen LogP contribution in [-0.2, 0) is 4.84 Å². The molecule has 52 valence electrons. The highest BCUT2D eigenvalue weighted by Crippen LogP contribution is 2.26. The molecule has 0 bridgehead atoms. The Labute approximate surface area is 72.7 Å². The Bertz CT molecular complexity index is 242. The average molecular weight is 247 g/mol. The average Bonchev–Trinajstić information content (AvgIpc) is 2.34. The van der Waals surface area contributed by atoms with Gasteiger partial charge in [0.05, 0.1) is 6.04 Å². The Balaban J connectivity index is 2.39. The SMILES string of the molecule is IC1=C2C=CC=CC2NO1. The quantitative estimate of drug-likeness (QED) is 0.657. The predicted molar refractivity (Wildman–Crippen MR) is 47.3 cm³/mol. The number of allylic oxidation sites excluding steroid dienone is 2. The molecule has 2 nitrogen and oxygen atoms in total. The van der Waals surface area contributed by atoms with Crippen molar-refractivity contribution in [1.29, 1.82) is 0 Å². The van der Waals surface area contributed by atoms with Gasteiger partial charge in [0.15, 0.2) is 3.77 Å². The van der Waals surface area contributed by atoms with E-state index in [4.69, 9.17) is 4.84 Å². The van der Waals surface area contributed by atoms with Gasteiger partial charge in [-0.1, -0.05) is 24.3 Å². The number of fused-ring (bicyclic) bond motifs is 1. The van der Waals surface area contributed by atoms with Gasteiger partial charge in [-0.15, -0.1) is 5.48 Å². The standard InChI is InChI=1S/C7H6INO/c8-7-5-3-1-2-4-6(5)9-10-7/h1-4,6,9H. The van der Waals surface area contributed by atoms with Crippen LogP contribution in [0.5, 0.6) is 0 Å². The molecule has 0 saturated carbocycles. The van der Waals surface area contributed by atoms with E-state index in [9.17, 15) is 0 Å². The lowest BCUT2D eigenvalue weighted by atomic mass is 10.1. The molecule has 1 heterocycles. The zero-order valence-electron chi connectivity index (χ0n) is 5.17. The Morgan fingerprint density at radius 3 is 3.20 bits per heavy atom. The first-order chi connectivity index (χ1) is 4.88. The molecule has 0 radical (unpaired) electrons. The second-order valence-electron chi connectivity index (χ2n) is 2.17. The van der Waals surface area contributed by atoms with Gasteiger partial charge in [-0.3, -0.25) is 0 Å². The maximum Gasteiger partial charge on any atom is 0.189 e. The number of rotatable bonds is 0. The lowest BCUT2D eigenvalue weighted by molar-refractivity contribution is 0.149. The van der Waals surface area contributed by atoms with Crippen LogP contribution in [0.1, 0.15) is 0 Å². The fourth-order valence-electron chi connectivity index (χ4n) is 1.01. The largest absolute Gasteiger partial charge is 0.401 e. The zero-order valence-corrected chi connectivity index (χ0v) is 7.33. The number of hydrogen-bond acceptors (Lipinski definition) is 2. The smallest absolute Gasteiger partial charge is 0.189 e. The Morgan fingerprint density at radius 2 is 2.40 bits per heavy atom. The van der Waals surface area contributed by atoms with Gasteiger partial charge < -0.3 is 4.84 Å². The van der Waals surface area contributed by atoms with Crippen molar-refractivity contribution in [2.75, 3.05) is 0 Å². The maximum absolute atomic E-state index is 5.11. The highest BCUT2D eigenvalue weighted by Gasteiger charge is 2.22. The van der Waals surface area contributed by atoms with Gasteiger partial charge in [-0.2, -0.15) is 0 Å². The molecule has 1 N–H and O–H groups in total. The summed E-state index contributed by atoms with van der Waals surface area (Å²) in [6.45, 7) is 0. The maximum atomic E-state index is 5.11. The normalized spacial score (nSPS) is 28.7. The molecule has 1 atom stereocenters. The van der Waals surface area contributed by atoms with Crippen molar-refractivity contribution >= 4 is 22.6 Å². The van der Waals surface area contributed by atoms with Crippen molar-refractivity contribution in [3.05, 3.63) is 33.6 Å². The first-order valence-electron chi connectivity index (χ1n) is 3.05. The van der Waals surface area contributed by atoms with Gasteiger partial charge >= 0.3 is 0 Å². The fraction of sp³-hybridized carbons (Fsp3) is 0.143. The molecule has 2 aliphatic rings. The molecular weight excluding hydrogens is 241 g/mol. The van der Waals surface area contributed by atoms with Crippen LogP contribution in [-0.4, -0.2) is 6.04 Å². The summed E-state index contributed by atoms with van der Waals surface area (Å²) in [6.07, 6.45) is 8.16. The van der Waals surface area contributed by atoms with Crippen molar-refractivity contribution in [3.63, 3.8) is 0 Å². The molecule has 2 rings (SSSR count). The van der Waals surface area contributed by atoms with E-state index in [1.165, 1.54) is 5.57 Å². The number of hydrogen-bond donors (Lipinski definition) is 1. The van der Waals surface area contributed by atoms with E-state index < -0.39 is 0 Å². The van der Waals surface area contributed by atoms with Crippen LogP contribution in [0.25, 0.3) is 0 Å². The van der Waals surface area contributed by atoms with Crippen LogP contribution in [0.2, 0.25) is 0 Å². The first kappa shape index (κ1) is 6.42. The highest BCUT2D eigenvalue weighted by molar-refractivity contribution is 14.1. The molecule has 1 aliphatic heterocycles. The molecule has 0 aromatic carbocycles. The molecule has 0 saturated heterocycles. The molecule has 3 heteroatoms. The monoisotopic (exact) mass is 247 g/mol. The summed E-state index contributed by atoms with van der Waals surface area (Å²) in [7, 11) is 0. The van der Waals surface area contributed by atoms with Gasteiger partial charge in [0, 0.05) is 28.2 Å². The van der Waals surface area contributed by atoms with E-state index in [0.29, 0.717) is 0 Å². The van der Waals surface area contributed by atoms with Crippen molar-refractivity contribution in [2.45, 2.75) is 6.04 Å². The minimum atomic E-state index is 0.275. The molecule has 1 unspecified atom stereocenters. The third kappa shape index (κ3) is 0.894. The molecule has 0 spiro atoms. The van der Waals surface area contributed by atoms with Crippen molar-refractivity contribution in [3.8, 4) is 0 Å². The molecule has 0 aromatic rings. The van der Waals surface area contributed by atoms with Crippen molar-refractivity contribution in [1.82, 2.24) is 5.48 Å². The van der Waals surface area contributed by atoms with Gasteiger partial charge in [-0.05, 0) is 0 Å². The second kappa shape index (κ2) is 2.39. The van der Waals surface area contributed by atoms with Crippen LogP contribution in [0, 0.1) is 0 Å². The third-order valence-corrected chi connectivity index (χ3v) is 2.37. The lowest BCUT2D eigenvalue weighted by Crippen LogP contribution is -2.21. The minimum Gasteiger partial charge on any atom is -0.401 e. The molecule has 0 aromatic heterocycles. The molecule has 0 amide bonds. The third-order valence-electron chi connectivity index (χ3n) is 1.53.